The highest BCUT2D eigenvalue weighted by Crippen LogP contribution is 2.13. The van der Waals surface area contributed by atoms with Gasteiger partial charge in [-0.1, -0.05) is 29.3 Å². The Labute approximate surface area is 122 Å². The second kappa shape index (κ2) is 6.82. The first-order valence-electron chi connectivity index (χ1n) is 6.13. The van der Waals surface area contributed by atoms with Crippen molar-refractivity contribution in [2.75, 3.05) is 12.0 Å². The number of carbonyl (C=O) groups is 1. The first kappa shape index (κ1) is 14.2. The molecule has 20 heavy (non-hydrogen) atoms. The van der Waals surface area contributed by atoms with Gasteiger partial charge in [-0.15, -0.1) is 0 Å². The molecule has 4 nitrogen and oxygen atoms in total. The molecule has 5 heteroatoms. The maximum Gasteiger partial charge on any atom is 0.321 e. The molecule has 0 fully saturated rings. The molecule has 2 aromatic rings. The van der Waals surface area contributed by atoms with E-state index in [2.05, 4.69) is 10.6 Å². The number of hydrogen-bond acceptors (Lipinski definition) is 2. The molecule has 0 bridgehead atoms. The molecule has 0 atom stereocenters. The maximum absolute atomic E-state index is 11.6. The minimum absolute atomic E-state index is 0.0997. The molecule has 0 aliphatic heterocycles. The molecule has 0 spiro atoms. The molecule has 2 aromatic carbocycles. The number of halogens is 1. The molecule has 0 aromatic heterocycles. The summed E-state index contributed by atoms with van der Waals surface area (Å²) in [6, 6.07) is 14.1. The molecular formula is C15H15ClN2O2. The second-order valence-corrected chi connectivity index (χ2v) is 4.68. The summed E-state index contributed by atoms with van der Waals surface area (Å²) in [5.41, 5.74) is 1.83. The van der Waals surface area contributed by atoms with Crippen LogP contribution in [-0.4, -0.2) is 12.8 Å². The number of anilines is 1. The highest BCUT2D eigenvalue weighted by molar-refractivity contribution is 6.30. The number of ether oxygens (including phenoxy) is 1. The monoisotopic (exact) mass is 290 g/mol. The summed E-state index contributed by atoms with van der Waals surface area (Å²) in [4.78, 5) is 11.6. The van der Waals surface area contributed by atoms with Crippen molar-refractivity contribution >= 4 is 23.3 Å². The first-order valence-corrected chi connectivity index (χ1v) is 6.51. The molecule has 0 saturated carbocycles. The zero-order valence-corrected chi connectivity index (χ0v) is 11.8. The summed E-state index contributed by atoms with van der Waals surface area (Å²) in [6.45, 7) is 2.10. The molecule has 0 radical (unpaired) electrons. The Morgan fingerprint density at radius 1 is 1.10 bits per heavy atom. The quantitative estimate of drug-likeness (QED) is 0.841. The van der Waals surface area contributed by atoms with Crippen LogP contribution < -0.4 is 15.4 Å². The third-order valence-corrected chi connectivity index (χ3v) is 2.85. The van der Waals surface area contributed by atoms with Gasteiger partial charge in [-0.25, -0.2) is 4.79 Å². The predicted octanol–water partition coefficient (Wildman–Crippen LogP) is 3.81. The lowest BCUT2D eigenvalue weighted by Crippen LogP contribution is -2.31. The van der Waals surface area contributed by atoms with Gasteiger partial charge in [-0.2, -0.15) is 0 Å². The van der Waals surface area contributed by atoms with Gasteiger partial charge in [0.15, 0.2) is 6.73 Å². The summed E-state index contributed by atoms with van der Waals surface area (Å²) >= 11 is 5.76. The Bertz CT molecular complexity index is 567. The number of hydrogen-bond donors (Lipinski definition) is 2. The molecule has 2 N–H and O–H groups in total. The minimum atomic E-state index is -0.334. The summed E-state index contributed by atoms with van der Waals surface area (Å²) in [6.07, 6.45) is 0. The first-order chi connectivity index (χ1) is 9.63. The van der Waals surface area contributed by atoms with Crippen LogP contribution >= 0.6 is 11.6 Å². The van der Waals surface area contributed by atoms with Crippen molar-refractivity contribution in [1.29, 1.82) is 0 Å². The average Bonchev–Trinajstić information content (AvgIpc) is 2.44. The van der Waals surface area contributed by atoms with E-state index >= 15 is 0 Å². The van der Waals surface area contributed by atoms with Crippen molar-refractivity contribution in [2.24, 2.45) is 0 Å². The third-order valence-electron chi connectivity index (χ3n) is 2.59. The highest BCUT2D eigenvalue weighted by Gasteiger charge is 2.01. The van der Waals surface area contributed by atoms with Gasteiger partial charge in [0.05, 0.1) is 0 Å². The summed E-state index contributed by atoms with van der Waals surface area (Å²) < 4.78 is 5.40. The van der Waals surface area contributed by atoms with Crippen LogP contribution in [0.5, 0.6) is 5.75 Å². The lowest BCUT2D eigenvalue weighted by Gasteiger charge is -2.09. The van der Waals surface area contributed by atoms with Gasteiger partial charge >= 0.3 is 6.03 Å². The lowest BCUT2D eigenvalue weighted by molar-refractivity contribution is 0.234. The molecule has 0 heterocycles. The summed E-state index contributed by atoms with van der Waals surface area (Å²) in [5, 5.41) is 5.90. The van der Waals surface area contributed by atoms with E-state index in [-0.39, 0.29) is 12.8 Å². The van der Waals surface area contributed by atoms with Crippen LogP contribution in [0, 0.1) is 6.92 Å². The van der Waals surface area contributed by atoms with E-state index in [1.807, 2.05) is 31.2 Å². The van der Waals surface area contributed by atoms with Crippen molar-refractivity contribution in [3.8, 4) is 5.75 Å². The van der Waals surface area contributed by atoms with E-state index in [1.54, 1.807) is 24.3 Å². The second-order valence-electron chi connectivity index (χ2n) is 4.24. The van der Waals surface area contributed by atoms with Crippen LogP contribution in [0.4, 0.5) is 10.5 Å². The Hall–Kier alpha value is -2.20. The summed E-state index contributed by atoms with van der Waals surface area (Å²) in [7, 11) is 0. The van der Waals surface area contributed by atoms with Crippen LogP contribution in [0.1, 0.15) is 5.56 Å². The molecule has 0 saturated heterocycles. The van der Waals surface area contributed by atoms with Gasteiger partial charge in [0, 0.05) is 10.7 Å². The zero-order valence-electron chi connectivity index (χ0n) is 11.0. The van der Waals surface area contributed by atoms with Gasteiger partial charge < -0.3 is 15.4 Å². The Kier molecular flexibility index (Phi) is 4.85. The Balaban J connectivity index is 1.75. The average molecular weight is 291 g/mol. The van der Waals surface area contributed by atoms with E-state index in [0.717, 1.165) is 5.56 Å². The van der Waals surface area contributed by atoms with Gasteiger partial charge in [0.2, 0.25) is 0 Å². The number of amides is 2. The smallest absolute Gasteiger partial charge is 0.321 e. The van der Waals surface area contributed by atoms with Crippen LogP contribution in [0.2, 0.25) is 5.02 Å². The maximum atomic E-state index is 11.6. The van der Waals surface area contributed by atoms with Crippen molar-refractivity contribution < 1.29 is 9.53 Å². The fourth-order valence-electron chi connectivity index (χ4n) is 1.53. The standard InChI is InChI=1S/C15H15ClN2O2/c1-11-2-8-14(9-3-11)20-10-17-15(19)18-13-6-4-12(16)5-7-13/h2-9H,10H2,1H3,(H2,17,18,19). The van der Waals surface area contributed by atoms with Gasteiger partial charge in [0.25, 0.3) is 0 Å². The van der Waals surface area contributed by atoms with Gasteiger partial charge in [-0.3, -0.25) is 0 Å². The molecule has 104 valence electrons. The predicted molar refractivity (Wildman–Crippen MR) is 80.3 cm³/mol. The van der Waals surface area contributed by atoms with Gasteiger partial charge in [0.1, 0.15) is 5.75 Å². The number of rotatable bonds is 4. The number of urea groups is 1. The molecule has 0 aliphatic carbocycles. The largest absolute Gasteiger partial charge is 0.473 e. The Morgan fingerprint density at radius 3 is 2.40 bits per heavy atom. The fraction of sp³-hybridized carbons (Fsp3) is 0.133. The number of nitrogens with one attached hydrogen (secondary N) is 2. The molecule has 0 unspecified atom stereocenters. The van der Waals surface area contributed by atoms with Crippen molar-refractivity contribution in [1.82, 2.24) is 5.32 Å². The van der Waals surface area contributed by atoms with Gasteiger partial charge in [-0.05, 0) is 43.3 Å². The van der Waals surface area contributed by atoms with E-state index in [0.29, 0.717) is 16.5 Å². The number of benzene rings is 2. The zero-order chi connectivity index (χ0) is 14.4. The SMILES string of the molecule is Cc1ccc(OCNC(=O)Nc2ccc(Cl)cc2)cc1. The number of aryl methyl sites for hydroxylation is 1. The summed E-state index contributed by atoms with van der Waals surface area (Å²) in [5.74, 6) is 0.711. The van der Waals surface area contributed by atoms with Crippen LogP contribution in [0.3, 0.4) is 0 Å². The third kappa shape index (κ3) is 4.48. The van der Waals surface area contributed by atoms with E-state index < -0.39 is 0 Å². The van der Waals surface area contributed by atoms with Crippen molar-refractivity contribution in [3.05, 3.63) is 59.1 Å². The topological polar surface area (TPSA) is 50.4 Å². The van der Waals surface area contributed by atoms with Crippen molar-refractivity contribution in [2.45, 2.75) is 6.92 Å². The fourth-order valence-corrected chi connectivity index (χ4v) is 1.65. The molecular weight excluding hydrogens is 276 g/mol. The van der Waals surface area contributed by atoms with Crippen molar-refractivity contribution in [3.63, 3.8) is 0 Å². The number of carbonyl (C=O) groups excluding carboxylic acids is 1. The van der Waals surface area contributed by atoms with Crippen LogP contribution in [0.15, 0.2) is 48.5 Å². The Morgan fingerprint density at radius 2 is 1.75 bits per heavy atom. The van der Waals surface area contributed by atoms with E-state index in [1.165, 1.54) is 0 Å². The lowest BCUT2D eigenvalue weighted by atomic mass is 10.2. The van der Waals surface area contributed by atoms with Crippen LogP contribution in [0.25, 0.3) is 0 Å². The van der Waals surface area contributed by atoms with Crippen LogP contribution in [-0.2, 0) is 0 Å². The normalized spacial score (nSPS) is 9.90. The van der Waals surface area contributed by atoms with E-state index in [4.69, 9.17) is 16.3 Å². The minimum Gasteiger partial charge on any atom is -0.473 e. The highest BCUT2D eigenvalue weighted by atomic mass is 35.5. The molecule has 2 rings (SSSR count). The molecule has 2 amide bonds. The van der Waals surface area contributed by atoms with E-state index in [9.17, 15) is 4.79 Å². The molecule has 0 aliphatic rings.